The Hall–Kier alpha value is -1.94. The van der Waals surface area contributed by atoms with E-state index in [1.54, 1.807) is 0 Å². The van der Waals surface area contributed by atoms with Crippen molar-refractivity contribution in [2.75, 3.05) is 39.6 Å². The highest BCUT2D eigenvalue weighted by Crippen LogP contribution is 2.45. The third kappa shape index (κ3) is 67.0. The fourth-order valence-electron chi connectivity index (χ4n) is 11.2. The Kier molecular flexibility index (Phi) is 62.2. The van der Waals surface area contributed by atoms with Crippen molar-refractivity contribution in [2.45, 2.75) is 388 Å². The van der Waals surface area contributed by atoms with E-state index in [0.717, 1.165) is 114 Å². The van der Waals surface area contributed by atoms with Gasteiger partial charge < -0.3 is 33.8 Å². The van der Waals surface area contributed by atoms with Crippen LogP contribution in [0.3, 0.4) is 0 Å². The molecule has 0 aliphatic carbocycles. The molecule has 0 aromatic carbocycles. The highest BCUT2D eigenvalue weighted by molar-refractivity contribution is 7.47. The Labute approximate surface area is 568 Å². The van der Waals surface area contributed by atoms with Gasteiger partial charge in [0.2, 0.25) is 0 Å². The summed E-state index contributed by atoms with van der Waals surface area (Å²) in [5, 5.41) is 10.6. The normalized spacial score (nSPS) is 14.5. The van der Waals surface area contributed by atoms with Crippen molar-refractivity contribution in [3.05, 3.63) is 0 Å². The van der Waals surface area contributed by atoms with Crippen molar-refractivity contribution in [2.24, 2.45) is 23.7 Å². The van der Waals surface area contributed by atoms with Gasteiger partial charge in [0, 0.05) is 25.7 Å². The minimum Gasteiger partial charge on any atom is -0.462 e. The average molecular weight is 1370 g/mol. The molecule has 19 heteroatoms. The van der Waals surface area contributed by atoms with Crippen molar-refractivity contribution in [3.63, 3.8) is 0 Å². The van der Waals surface area contributed by atoms with E-state index in [1.165, 1.54) is 167 Å². The fraction of sp³-hybridized carbons (Fsp3) is 0.946. The number of carbonyl (C=O) groups excluding carboxylic acids is 4. The van der Waals surface area contributed by atoms with E-state index in [2.05, 4.69) is 55.4 Å². The molecule has 0 aromatic heterocycles. The zero-order valence-electron chi connectivity index (χ0n) is 60.9. The molecule has 0 radical (unpaired) electrons. The summed E-state index contributed by atoms with van der Waals surface area (Å²) in [6, 6.07) is 0. The SMILES string of the molecule is CCC(C)CCCCCCCCCCCCC(=O)O[C@H](COC(=O)CCCCCCCCCCCCCCCCCC(C)C)COP(=O)(O)OCC(O)COP(=O)(O)OC[C@@H](COC(=O)CCCCCCCCCC(C)C)OC(=O)CCCCCCCCCCC(C)C. The zero-order valence-corrected chi connectivity index (χ0v) is 62.7. The van der Waals surface area contributed by atoms with E-state index in [1.807, 2.05) is 0 Å². The van der Waals surface area contributed by atoms with Crippen LogP contribution in [0.1, 0.15) is 370 Å². The van der Waals surface area contributed by atoms with E-state index in [-0.39, 0.29) is 25.7 Å². The summed E-state index contributed by atoms with van der Waals surface area (Å²) in [5.74, 6) is 0.907. The Bertz CT molecular complexity index is 1840. The third-order valence-corrected chi connectivity index (χ3v) is 19.3. The Morgan fingerprint density at radius 3 is 0.763 bits per heavy atom. The lowest BCUT2D eigenvalue weighted by Gasteiger charge is -2.21. The lowest BCUT2D eigenvalue weighted by atomic mass is 9.99. The van der Waals surface area contributed by atoms with Crippen LogP contribution >= 0.6 is 15.6 Å². The number of unbranched alkanes of at least 4 members (excludes halogenated alkanes) is 36. The number of hydrogen-bond donors (Lipinski definition) is 3. The van der Waals surface area contributed by atoms with Gasteiger partial charge in [0.15, 0.2) is 12.2 Å². The number of ether oxygens (including phenoxy) is 4. The summed E-state index contributed by atoms with van der Waals surface area (Å²) >= 11 is 0. The van der Waals surface area contributed by atoms with Crippen LogP contribution < -0.4 is 0 Å². The molecule has 4 unspecified atom stereocenters. The summed E-state index contributed by atoms with van der Waals surface area (Å²) in [6.45, 7) is 14.1. The second kappa shape index (κ2) is 63.5. The van der Waals surface area contributed by atoms with E-state index in [4.69, 9.17) is 37.0 Å². The van der Waals surface area contributed by atoms with E-state index in [0.29, 0.717) is 31.6 Å². The number of aliphatic hydroxyl groups excluding tert-OH is 1. The molecule has 552 valence electrons. The number of rotatable bonds is 71. The van der Waals surface area contributed by atoms with Crippen molar-refractivity contribution in [3.8, 4) is 0 Å². The van der Waals surface area contributed by atoms with Gasteiger partial charge in [0.25, 0.3) is 0 Å². The van der Waals surface area contributed by atoms with E-state index >= 15 is 0 Å². The first-order valence-electron chi connectivity index (χ1n) is 38.2. The summed E-state index contributed by atoms with van der Waals surface area (Å²) in [7, 11) is -9.91. The molecule has 93 heavy (non-hydrogen) atoms. The molecule has 0 saturated heterocycles. The molecule has 0 saturated carbocycles. The van der Waals surface area contributed by atoms with Crippen LogP contribution in [0.15, 0.2) is 0 Å². The monoisotopic (exact) mass is 1370 g/mol. The first-order valence-corrected chi connectivity index (χ1v) is 41.2. The number of phosphoric ester groups is 2. The van der Waals surface area contributed by atoms with Crippen LogP contribution in [-0.2, 0) is 65.4 Å². The number of carbonyl (C=O) groups is 4. The molecule has 3 N–H and O–H groups in total. The fourth-order valence-corrected chi connectivity index (χ4v) is 12.7. The molecule has 17 nitrogen and oxygen atoms in total. The lowest BCUT2D eigenvalue weighted by Crippen LogP contribution is -2.30. The number of phosphoric acid groups is 2. The minimum absolute atomic E-state index is 0.103. The van der Waals surface area contributed by atoms with Crippen molar-refractivity contribution < 1.29 is 80.2 Å². The molecule has 0 amide bonds. The van der Waals surface area contributed by atoms with Gasteiger partial charge in [-0.15, -0.1) is 0 Å². The van der Waals surface area contributed by atoms with Crippen LogP contribution in [0.25, 0.3) is 0 Å². The third-order valence-electron chi connectivity index (χ3n) is 17.4. The first-order chi connectivity index (χ1) is 44.6. The molecular weight excluding hydrogens is 1220 g/mol. The lowest BCUT2D eigenvalue weighted by molar-refractivity contribution is -0.161. The second-order valence-electron chi connectivity index (χ2n) is 28.4. The van der Waals surface area contributed by atoms with Gasteiger partial charge in [0.05, 0.1) is 26.4 Å². The highest BCUT2D eigenvalue weighted by atomic mass is 31.2. The van der Waals surface area contributed by atoms with Gasteiger partial charge in [0.1, 0.15) is 19.3 Å². The number of esters is 4. The van der Waals surface area contributed by atoms with Gasteiger partial charge in [-0.05, 0) is 49.4 Å². The Morgan fingerprint density at radius 2 is 0.516 bits per heavy atom. The maximum atomic E-state index is 13.1. The van der Waals surface area contributed by atoms with Gasteiger partial charge >= 0.3 is 39.5 Å². The van der Waals surface area contributed by atoms with E-state index < -0.39 is 97.5 Å². The van der Waals surface area contributed by atoms with Crippen molar-refractivity contribution in [1.29, 1.82) is 0 Å². The summed E-state index contributed by atoms with van der Waals surface area (Å²) in [6.07, 6.45) is 47.3. The highest BCUT2D eigenvalue weighted by Gasteiger charge is 2.30. The standard InChI is InChI=1S/C74H144O17P2/c1-9-67(8)53-45-37-29-20-17-18-22-31-40-48-56-73(78)90-69(60-84-71(76)54-46-38-30-21-16-14-12-10-11-13-15-19-26-34-42-50-64(2)3)62-88-92(80,81)86-58-68(75)59-87-93(82,83)89-63-70(61-85-72(77)55-47-39-33-25-28-36-44-52-66(6)7)91-74(79)57-49-41-32-24-23-27-35-43-51-65(4)5/h64-70,75H,9-63H2,1-8H3,(H,80,81)(H,82,83)/t67?,68?,69-,70-/m1/s1. The topological polar surface area (TPSA) is 237 Å². The molecule has 0 aliphatic rings. The van der Waals surface area contributed by atoms with Crippen LogP contribution in [0.5, 0.6) is 0 Å². The summed E-state index contributed by atoms with van der Waals surface area (Å²) in [4.78, 5) is 72.7. The van der Waals surface area contributed by atoms with Gasteiger partial charge in [-0.25, -0.2) is 9.13 Å². The molecule has 0 bridgehead atoms. The summed E-state index contributed by atoms with van der Waals surface area (Å²) in [5.41, 5.74) is 0. The largest absolute Gasteiger partial charge is 0.472 e. The number of hydrogen-bond acceptors (Lipinski definition) is 15. The predicted octanol–water partition coefficient (Wildman–Crippen LogP) is 21.3. The molecule has 6 atom stereocenters. The Balaban J connectivity index is 5.23. The maximum Gasteiger partial charge on any atom is 0.472 e. The zero-order chi connectivity index (χ0) is 68.9. The predicted molar refractivity (Wildman–Crippen MR) is 377 cm³/mol. The molecule has 0 rings (SSSR count). The van der Waals surface area contributed by atoms with Gasteiger partial charge in [-0.2, -0.15) is 0 Å². The van der Waals surface area contributed by atoms with Gasteiger partial charge in [-0.1, -0.05) is 319 Å². The average Bonchev–Trinajstić information content (AvgIpc) is 3.29. The van der Waals surface area contributed by atoms with Crippen LogP contribution in [-0.4, -0.2) is 96.7 Å². The minimum atomic E-state index is -4.96. The maximum absolute atomic E-state index is 13.1. The Morgan fingerprint density at radius 1 is 0.301 bits per heavy atom. The van der Waals surface area contributed by atoms with Crippen molar-refractivity contribution >= 4 is 39.5 Å². The molecular formula is C74H144O17P2. The molecule has 0 fully saturated rings. The molecule has 0 heterocycles. The molecule has 0 spiro atoms. The van der Waals surface area contributed by atoms with Crippen molar-refractivity contribution in [1.82, 2.24) is 0 Å². The van der Waals surface area contributed by atoms with Crippen LogP contribution in [0, 0.1) is 23.7 Å². The summed E-state index contributed by atoms with van der Waals surface area (Å²) < 4.78 is 68.4. The molecule has 0 aliphatic heterocycles. The van der Waals surface area contributed by atoms with E-state index in [9.17, 15) is 43.2 Å². The second-order valence-corrected chi connectivity index (χ2v) is 31.3. The number of aliphatic hydroxyl groups is 1. The van der Waals surface area contributed by atoms with Gasteiger partial charge in [-0.3, -0.25) is 37.3 Å². The molecule has 0 aromatic rings. The quantitative estimate of drug-likeness (QED) is 0.0222. The van der Waals surface area contributed by atoms with Crippen LogP contribution in [0.2, 0.25) is 0 Å². The van der Waals surface area contributed by atoms with Crippen LogP contribution in [0.4, 0.5) is 0 Å². The smallest absolute Gasteiger partial charge is 0.462 e. The first kappa shape index (κ1) is 91.1.